The molecular formula is C7H6Cl3Ti. The van der Waals surface area contributed by atoms with Crippen molar-refractivity contribution in [2.24, 2.45) is 0 Å². The van der Waals surface area contributed by atoms with Crippen LogP contribution in [0.2, 0.25) is 0 Å². The third-order valence-corrected chi connectivity index (χ3v) is 1.56. The molecule has 1 rings (SSSR count). The van der Waals surface area contributed by atoms with Gasteiger partial charge in [-0.15, -0.1) is 23.2 Å². The second kappa shape index (κ2) is 7.45. The van der Waals surface area contributed by atoms with E-state index in [4.69, 9.17) is 23.2 Å². The van der Waals surface area contributed by atoms with Gasteiger partial charge in [0.2, 0.25) is 0 Å². The summed E-state index contributed by atoms with van der Waals surface area (Å²) >= 11 is 12.6. The first-order valence-corrected chi connectivity index (χ1v) is 5.85. The van der Waals surface area contributed by atoms with Crippen LogP contribution in [-0.4, -0.2) is 0 Å². The summed E-state index contributed by atoms with van der Waals surface area (Å²) in [4.78, 5) is -0.397. The molecule has 59 valence electrons. The zero-order valence-corrected chi connectivity index (χ0v) is 9.43. The van der Waals surface area contributed by atoms with Crippen LogP contribution in [0.1, 0.15) is 10.4 Å². The van der Waals surface area contributed by atoms with Gasteiger partial charge >= 0.3 is 28.7 Å². The van der Waals surface area contributed by atoms with Crippen LogP contribution in [0, 0.1) is 0 Å². The molecule has 0 atom stereocenters. The van der Waals surface area contributed by atoms with Crippen molar-refractivity contribution in [3.8, 4) is 0 Å². The third kappa shape index (κ3) is 5.11. The molecule has 0 heterocycles. The van der Waals surface area contributed by atoms with Gasteiger partial charge in [-0.05, 0) is 5.56 Å². The topological polar surface area (TPSA) is 0 Å². The third-order valence-electron chi connectivity index (χ3n) is 1.05. The van der Waals surface area contributed by atoms with E-state index in [-0.39, 0.29) is 0 Å². The molecule has 0 unspecified atom stereocenters. The normalized spacial score (nSPS) is 8.64. The van der Waals surface area contributed by atoms with Gasteiger partial charge in [-0.3, -0.25) is 0 Å². The number of halogens is 3. The van der Waals surface area contributed by atoms with Gasteiger partial charge in [0, 0.05) is 0 Å². The molecule has 0 N–H and O–H groups in total. The van der Waals surface area contributed by atoms with Gasteiger partial charge in [0.1, 0.15) is 4.84 Å². The number of rotatable bonds is 1. The van der Waals surface area contributed by atoms with Gasteiger partial charge in [0.05, 0.1) is 0 Å². The first-order chi connectivity index (χ1) is 5.30. The van der Waals surface area contributed by atoms with Crippen LogP contribution in [0.5, 0.6) is 0 Å². The van der Waals surface area contributed by atoms with E-state index in [2.05, 4.69) is 9.30 Å². The van der Waals surface area contributed by atoms with Crippen molar-refractivity contribution >= 4 is 32.5 Å². The van der Waals surface area contributed by atoms with Crippen molar-refractivity contribution in [2.75, 3.05) is 0 Å². The Morgan fingerprint density at radius 3 is 1.73 bits per heavy atom. The minimum absolute atomic E-state index is 0.397. The Kier molecular flexibility index (Phi) is 8.00. The van der Waals surface area contributed by atoms with Crippen LogP contribution in [0.15, 0.2) is 30.3 Å². The first-order valence-electron chi connectivity index (χ1n) is 2.82. The summed E-state index contributed by atoms with van der Waals surface area (Å²) in [7, 11) is 4.64. The summed E-state index contributed by atoms with van der Waals surface area (Å²) in [6.45, 7) is 0. The van der Waals surface area contributed by atoms with Gasteiger partial charge in [0.15, 0.2) is 0 Å². The zero-order chi connectivity index (χ0) is 8.69. The van der Waals surface area contributed by atoms with Crippen molar-refractivity contribution < 1.29 is 19.4 Å². The molecule has 0 aromatic heterocycles. The van der Waals surface area contributed by atoms with E-state index < -0.39 is 4.84 Å². The van der Waals surface area contributed by atoms with Crippen LogP contribution in [-0.2, 0) is 19.4 Å². The summed E-state index contributed by atoms with van der Waals surface area (Å²) in [6, 6.07) is 9.54. The molecule has 0 amide bonds. The molecule has 1 aromatic carbocycles. The SMILES string of the molecule is ClC(Cl)c1ccccc1.[Cl][Ti]. The molecule has 0 aliphatic rings. The average Bonchev–Trinajstić information content (AvgIpc) is 2.10. The van der Waals surface area contributed by atoms with Crippen LogP contribution in [0.4, 0.5) is 0 Å². The number of benzene rings is 1. The molecule has 1 aromatic rings. The minimum atomic E-state index is -0.397. The van der Waals surface area contributed by atoms with Crippen LogP contribution in [0.3, 0.4) is 0 Å². The van der Waals surface area contributed by atoms with Crippen LogP contribution < -0.4 is 0 Å². The second-order valence-electron chi connectivity index (χ2n) is 1.71. The van der Waals surface area contributed by atoms with Crippen molar-refractivity contribution in [2.45, 2.75) is 4.84 Å². The Bertz CT molecular complexity index is 176. The predicted molar refractivity (Wildman–Crippen MR) is 46.7 cm³/mol. The fraction of sp³-hybridized carbons (Fsp3) is 0.143. The van der Waals surface area contributed by atoms with Gasteiger partial charge < -0.3 is 0 Å². The Morgan fingerprint density at radius 2 is 1.45 bits per heavy atom. The van der Waals surface area contributed by atoms with Crippen molar-refractivity contribution in [3.05, 3.63) is 35.9 Å². The van der Waals surface area contributed by atoms with E-state index in [1.807, 2.05) is 30.3 Å². The van der Waals surface area contributed by atoms with Crippen molar-refractivity contribution in [3.63, 3.8) is 0 Å². The van der Waals surface area contributed by atoms with E-state index in [0.717, 1.165) is 5.56 Å². The Morgan fingerprint density at radius 1 is 1.00 bits per heavy atom. The quantitative estimate of drug-likeness (QED) is 0.520. The van der Waals surface area contributed by atoms with E-state index >= 15 is 0 Å². The van der Waals surface area contributed by atoms with Crippen LogP contribution >= 0.6 is 32.5 Å². The van der Waals surface area contributed by atoms with Gasteiger partial charge in [-0.25, -0.2) is 0 Å². The number of hydrogen-bond acceptors (Lipinski definition) is 0. The van der Waals surface area contributed by atoms with Crippen LogP contribution in [0.25, 0.3) is 0 Å². The fourth-order valence-electron chi connectivity index (χ4n) is 0.599. The molecule has 0 aliphatic heterocycles. The molecule has 0 fully saturated rings. The van der Waals surface area contributed by atoms with E-state index in [0.29, 0.717) is 0 Å². The summed E-state index contributed by atoms with van der Waals surface area (Å²) < 4.78 is 0. The van der Waals surface area contributed by atoms with Gasteiger partial charge in [0.25, 0.3) is 0 Å². The fourth-order valence-corrected chi connectivity index (χ4v) is 0.889. The summed E-state index contributed by atoms with van der Waals surface area (Å²) in [5.41, 5.74) is 0.945. The van der Waals surface area contributed by atoms with E-state index in [1.165, 1.54) is 19.4 Å². The molecular weight excluding hydrogens is 238 g/mol. The van der Waals surface area contributed by atoms with E-state index in [1.54, 1.807) is 0 Å². The first kappa shape index (κ1) is 11.8. The molecule has 0 nitrogen and oxygen atoms in total. The van der Waals surface area contributed by atoms with E-state index in [9.17, 15) is 0 Å². The molecule has 0 spiro atoms. The molecule has 0 bridgehead atoms. The number of alkyl halides is 2. The van der Waals surface area contributed by atoms with Crippen molar-refractivity contribution in [1.29, 1.82) is 0 Å². The molecule has 0 aliphatic carbocycles. The molecule has 0 radical (unpaired) electrons. The maximum atomic E-state index is 5.57. The standard InChI is InChI=1S/C7H6Cl2.ClH.Ti/c8-7(9)6-4-2-1-3-5-6;;/h1-5,7H;1H;/q;;+1/p-1. The van der Waals surface area contributed by atoms with Crippen molar-refractivity contribution in [1.82, 2.24) is 0 Å². The maximum absolute atomic E-state index is 5.57. The summed E-state index contributed by atoms with van der Waals surface area (Å²) in [5, 5.41) is 0. The average molecular weight is 244 g/mol. The number of hydrogen-bond donors (Lipinski definition) is 0. The Balaban J connectivity index is 0.000000461. The summed E-state index contributed by atoms with van der Waals surface area (Å²) in [5.74, 6) is 0. The molecule has 0 saturated heterocycles. The van der Waals surface area contributed by atoms with Gasteiger partial charge in [-0.1, -0.05) is 30.3 Å². The molecule has 4 heteroatoms. The second-order valence-corrected chi connectivity index (χ2v) is 2.81. The summed E-state index contributed by atoms with van der Waals surface area (Å²) in [6.07, 6.45) is 0. The Hall–Kier alpha value is 0.804. The monoisotopic (exact) mass is 243 g/mol. The Labute approximate surface area is 92.1 Å². The zero-order valence-electron chi connectivity index (χ0n) is 5.60. The molecule has 11 heavy (non-hydrogen) atoms. The molecule has 0 saturated carbocycles. The predicted octanol–water partition coefficient (Wildman–Crippen LogP) is 3.85. The van der Waals surface area contributed by atoms with Gasteiger partial charge in [-0.2, -0.15) is 0 Å².